The third-order valence-electron chi connectivity index (χ3n) is 5.19. The van der Waals surface area contributed by atoms with Crippen molar-refractivity contribution in [1.82, 2.24) is 0 Å². The molecule has 6 heteroatoms. The number of methoxy groups -OCH3 is 2. The van der Waals surface area contributed by atoms with Gasteiger partial charge in [-0.2, -0.15) is 0 Å². The van der Waals surface area contributed by atoms with Crippen LogP contribution >= 0.6 is 23.2 Å². The van der Waals surface area contributed by atoms with E-state index in [1.807, 2.05) is 18.2 Å². The van der Waals surface area contributed by atoms with Gasteiger partial charge in [0.25, 0.3) is 0 Å². The minimum absolute atomic E-state index is 0.130. The largest absolute Gasteiger partial charge is 0.493 e. The Balaban J connectivity index is 2.02. The smallest absolute Gasteiger partial charge is 0.162 e. The Morgan fingerprint density at radius 2 is 1.70 bits per heavy atom. The third-order valence-corrected chi connectivity index (χ3v) is 5.84. The maximum Gasteiger partial charge on any atom is 0.162 e. The van der Waals surface area contributed by atoms with Gasteiger partial charge < -0.3 is 14.8 Å². The van der Waals surface area contributed by atoms with Crippen LogP contribution in [-0.2, 0) is 4.79 Å². The number of allylic oxidation sites excluding steroid dienone is 2. The lowest BCUT2D eigenvalue weighted by molar-refractivity contribution is -0.116. The number of ketones is 1. The number of hydrogen-bond acceptors (Lipinski definition) is 4. The summed E-state index contributed by atoms with van der Waals surface area (Å²) in [5, 5.41) is 4.52. The van der Waals surface area contributed by atoms with E-state index in [9.17, 15) is 4.79 Å². The fraction of sp³-hybridized carbons (Fsp3) is 0.286. The molecule has 2 aromatic rings. The number of ether oxygens (including phenoxy) is 2. The number of nitrogens with one attached hydrogen (secondary N) is 1. The first-order chi connectivity index (χ1) is 13.0. The van der Waals surface area contributed by atoms with Crippen LogP contribution in [0.15, 0.2) is 41.6 Å². The molecular weight excluding hydrogens is 385 g/mol. The summed E-state index contributed by atoms with van der Waals surface area (Å²) in [4.78, 5) is 12.9. The first-order valence-corrected chi connectivity index (χ1v) is 9.53. The van der Waals surface area contributed by atoms with Gasteiger partial charge in [-0.3, -0.25) is 4.79 Å². The average molecular weight is 404 g/mol. The van der Waals surface area contributed by atoms with Crippen LogP contribution in [0.1, 0.15) is 36.3 Å². The molecule has 1 aliphatic heterocycles. The highest BCUT2D eigenvalue weighted by Crippen LogP contribution is 2.51. The molecule has 0 aromatic heterocycles. The van der Waals surface area contributed by atoms with E-state index in [2.05, 4.69) is 5.32 Å². The van der Waals surface area contributed by atoms with Gasteiger partial charge >= 0.3 is 0 Å². The van der Waals surface area contributed by atoms with Crippen LogP contribution in [-0.4, -0.2) is 20.0 Å². The zero-order valence-electron chi connectivity index (χ0n) is 15.1. The van der Waals surface area contributed by atoms with E-state index in [1.165, 1.54) is 0 Å². The van der Waals surface area contributed by atoms with Crippen LogP contribution in [0.3, 0.4) is 0 Å². The zero-order chi connectivity index (χ0) is 19.1. The zero-order valence-corrected chi connectivity index (χ0v) is 16.6. The lowest BCUT2D eigenvalue weighted by Crippen LogP contribution is -2.27. The van der Waals surface area contributed by atoms with Gasteiger partial charge in [0.15, 0.2) is 17.3 Å². The molecule has 27 heavy (non-hydrogen) atoms. The fourth-order valence-corrected chi connectivity index (χ4v) is 4.59. The Morgan fingerprint density at radius 3 is 2.37 bits per heavy atom. The van der Waals surface area contributed by atoms with Gasteiger partial charge in [-0.15, -0.1) is 0 Å². The fourth-order valence-electron chi connectivity index (χ4n) is 3.97. The number of carbonyl (C=O) groups is 1. The maximum absolute atomic E-state index is 12.9. The Kier molecular flexibility index (Phi) is 4.79. The van der Waals surface area contributed by atoms with Crippen LogP contribution in [0.25, 0.3) is 0 Å². The normalized spacial score (nSPS) is 18.5. The van der Waals surface area contributed by atoms with Crippen molar-refractivity contribution < 1.29 is 14.3 Å². The van der Waals surface area contributed by atoms with Crippen LogP contribution in [0.4, 0.5) is 5.69 Å². The molecular formula is C21H19Cl2NO3. The molecule has 4 rings (SSSR count). The van der Waals surface area contributed by atoms with Crippen molar-refractivity contribution in [3.05, 3.63) is 62.8 Å². The maximum atomic E-state index is 12.9. The van der Waals surface area contributed by atoms with Gasteiger partial charge in [0.2, 0.25) is 0 Å². The van der Waals surface area contributed by atoms with Gasteiger partial charge in [0.1, 0.15) is 0 Å². The molecule has 0 unspecified atom stereocenters. The lowest BCUT2D eigenvalue weighted by atomic mass is 9.75. The molecule has 1 heterocycles. The Bertz CT molecular complexity index is 948. The molecule has 1 aliphatic carbocycles. The van der Waals surface area contributed by atoms with E-state index >= 15 is 0 Å². The third kappa shape index (κ3) is 2.97. The van der Waals surface area contributed by atoms with Crippen molar-refractivity contribution >= 4 is 34.7 Å². The molecule has 2 aromatic carbocycles. The monoisotopic (exact) mass is 403 g/mol. The summed E-state index contributed by atoms with van der Waals surface area (Å²) in [6, 6.07) is 9.21. The molecule has 0 amide bonds. The van der Waals surface area contributed by atoms with E-state index in [0.717, 1.165) is 40.9 Å². The number of benzene rings is 2. The van der Waals surface area contributed by atoms with Crippen LogP contribution in [0.2, 0.25) is 10.0 Å². The predicted molar refractivity (Wildman–Crippen MR) is 107 cm³/mol. The Hall–Kier alpha value is -2.17. The van der Waals surface area contributed by atoms with Crippen molar-refractivity contribution in [3.8, 4) is 11.5 Å². The number of carbonyl (C=O) groups excluding carboxylic acids is 1. The van der Waals surface area contributed by atoms with E-state index < -0.39 is 0 Å². The summed E-state index contributed by atoms with van der Waals surface area (Å²) in [6.45, 7) is 0. The molecule has 0 saturated carbocycles. The lowest BCUT2D eigenvalue weighted by Gasteiger charge is -2.35. The SMILES string of the molecule is COc1cc2c(cc1OC)[C@H](c1c(Cl)cccc1Cl)C1=C(CCCC1=O)N2. The van der Waals surface area contributed by atoms with Gasteiger partial charge in [-0.05, 0) is 36.6 Å². The second-order valence-corrected chi connectivity index (χ2v) is 7.47. The number of hydrogen-bond donors (Lipinski definition) is 1. The first kappa shape index (κ1) is 18.2. The Labute approximate surface area is 168 Å². The van der Waals surface area contributed by atoms with Gasteiger partial charge in [0, 0.05) is 51.0 Å². The molecule has 0 bridgehead atoms. The minimum atomic E-state index is -0.343. The molecule has 0 saturated heterocycles. The standard InChI is InChI=1S/C21H19Cl2NO3/c1-26-17-9-11-15(10-18(17)27-2)24-14-7-4-8-16(25)21(14)19(11)20-12(22)5-3-6-13(20)23/h3,5-6,9-10,19,24H,4,7-8H2,1-2H3/t19-/m1/s1. The Morgan fingerprint density at radius 1 is 1.04 bits per heavy atom. The molecule has 0 fully saturated rings. The molecule has 0 spiro atoms. The highest BCUT2D eigenvalue weighted by molar-refractivity contribution is 6.36. The molecule has 2 aliphatic rings. The van der Waals surface area contributed by atoms with Crippen molar-refractivity contribution in [1.29, 1.82) is 0 Å². The van der Waals surface area contributed by atoms with E-state index in [-0.39, 0.29) is 11.7 Å². The van der Waals surface area contributed by atoms with Gasteiger partial charge in [-0.25, -0.2) is 0 Å². The molecule has 1 atom stereocenters. The highest BCUT2D eigenvalue weighted by atomic mass is 35.5. The van der Waals surface area contributed by atoms with Crippen molar-refractivity contribution in [2.24, 2.45) is 0 Å². The number of rotatable bonds is 3. The molecule has 0 radical (unpaired) electrons. The highest BCUT2D eigenvalue weighted by Gasteiger charge is 2.37. The molecule has 4 nitrogen and oxygen atoms in total. The predicted octanol–water partition coefficient (Wildman–Crippen LogP) is 5.58. The second kappa shape index (κ2) is 7.10. The first-order valence-electron chi connectivity index (χ1n) is 8.78. The molecule has 1 N–H and O–H groups in total. The summed E-state index contributed by atoms with van der Waals surface area (Å²) in [5.41, 5.74) is 4.21. The van der Waals surface area contributed by atoms with Crippen molar-refractivity contribution in [3.63, 3.8) is 0 Å². The summed E-state index contributed by atoms with van der Waals surface area (Å²) in [6.07, 6.45) is 2.17. The topological polar surface area (TPSA) is 47.6 Å². The van der Waals surface area contributed by atoms with E-state index in [1.54, 1.807) is 26.4 Å². The summed E-state index contributed by atoms with van der Waals surface area (Å²) < 4.78 is 10.9. The van der Waals surface area contributed by atoms with E-state index in [0.29, 0.717) is 28.0 Å². The number of Topliss-reactive ketones (excluding diaryl/α,β-unsaturated/α-hetero) is 1. The van der Waals surface area contributed by atoms with Gasteiger partial charge in [-0.1, -0.05) is 29.3 Å². The summed E-state index contributed by atoms with van der Waals surface area (Å²) in [5.74, 6) is 1.01. The summed E-state index contributed by atoms with van der Waals surface area (Å²) in [7, 11) is 3.19. The van der Waals surface area contributed by atoms with Gasteiger partial charge in [0.05, 0.1) is 14.2 Å². The summed E-state index contributed by atoms with van der Waals surface area (Å²) >= 11 is 13.1. The quantitative estimate of drug-likeness (QED) is 0.726. The number of anilines is 1. The van der Waals surface area contributed by atoms with Crippen LogP contribution in [0.5, 0.6) is 11.5 Å². The second-order valence-electron chi connectivity index (χ2n) is 6.66. The molecule has 140 valence electrons. The van der Waals surface area contributed by atoms with Crippen molar-refractivity contribution in [2.45, 2.75) is 25.2 Å². The van der Waals surface area contributed by atoms with Crippen LogP contribution in [0, 0.1) is 0 Å². The van der Waals surface area contributed by atoms with E-state index in [4.69, 9.17) is 32.7 Å². The number of fused-ring (bicyclic) bond motifs is 1. The van der Waals surface area contributed by atoms with Crippen molar-refractivity contribution in [2.75, 3.05) is 19.5 Å². The number of halogens is 2. The average Bonchev–Trinajstić information content (AvgIpc) is 2.66. The van der Waals surface area contributed by atoms with Crippen LogP contribution < -0.4 is 14.8 Å². The minimum Gasteiger partial charge on any atom is -0.493 e.